The number of nitrogens with zero attached hydrogens (tertiary/aromatic N) is 5. The van der Waals surface area contributed by atoms with Crippen molar-refractivity contribution in [3.8, 4) is 27.8 Å². The molecule has 1 atom stereocenters. The second-order valence-electron chi connectivity index (χ2n) is 8.38. The SMILES string of the molecule is CC(O)C(=O)N1CC(c2ccc3c(c2)-c2nc(-c4ncnn4C(C)C)sc2CCO3)C1. The third-order valence-electron chi connectivity index (χ3n) is 5.82. The summed E-state index contributed by atoms with van der Waals surface area (Å²) in [7, 11) is 0. The van der Waals surface area contributed by atoms with Gasteiger partial charge in [-0.1, -0.05) is 6.07 Å². The Kier molecular flexibility index (Phi) is 5.02. The lowest BCUT2D eigenvalue weighted by Gasteiger charge is -2.40. The first-order valence-electron chi connectivity index (χ1n) is 10.6. The van der Waals surface area contributed by atoms with Crippen LogP contribution >= 0.6 is 11.3 Å². The molecule has 0 spiro atoms. The maximum atomic E-state index is 12.0. The molecule has 2 aromatic heterocycles. The summed E-state index contributed by atoms with van der Waals surface area (Å²) < 4.78 is 7.89. The lowest BCUT2D eigenvalue weighted by molar-refractivity contribution is -0.143. The van der Waals surface area contributed by atoms with Crippen molar-refractivity contribution in [2.75, 3.05) is 19.7 Å². The summed E-state index contributed by atoms with van der Waals surface area (Å²) in [5.74, 6) is 1.66. The zero-order valence-electron chi connectivity index (χ0n) is 17.8. The molecule has 5 rings (SSSR count). The molecule has 0 bridgehead atoms. The van der Waals surface area contributed by atoms with Gasteiger partial charge in [-0.15, -0.1) is 11.3 Å². The number of likely N-dealkylation sites (tertiary alicyclic amines) is 1. The highest BCUT2D eigenvalue weighted by Crippen LogP contribution is 2.42. The van der Waals surface area contributed by atoms with E-state index < -0.39 is 6.10 Å². The van der Waals surface area contributed by atoms with Crippen LogP contribution in [0.25, 0.3) is 22.1 Å². The molecule has 0 aliphatic carbocycles. The van der Waals surface area contributed by atoms with Crippen molar-refractivity contribution in [1.82, 2.24) is 24.6 Å². The van der Waals surface area contributed by atoms with Gasteiger partial charge in [0.2, 0.25) is 0 Å². The van der Waals surface area contributed by atoms with E-state index in [1.54, 1.807) is 22.6 Å². The van der Waals surface area contributed by atoms with E-state index >= 15 is 0 Å². The predicted octanol–water partition coefficient (Wildman–Crippen LogP) is 2.89. The van der Waals surface area contributed by atoms with Crippen molar-refractivity contribution in [2.24, 2.45) is 0 Å². The Balaban J connectivity index is 1.47. The van der Waals surface area contributed by atoms with Crippen LogP contribution in [0.1, 0.15) is 43.2 Å². The number of carbonyl (C=O) groups excluding carboxylic acids is 1. The molecule has 1 fully saturated rings. The van der Waals surface area contributed by atoms with Crippen LogP contribution in [0.3, 0.4) is 0 Å². The zero-order valence-corrected chi connectivity index (χ0v) is 18.6. The molecular weight excluding hydrogens is 414 g/mol. The van der Waals surface area contributed by atoms with Gasteiger partial charge in [0.05, 0.1) is 12.3 Å². The number of hydrogen-bond acceptors (Lipinski definition) is 7. The molecule has 1 aromatic carbocycles. The average Bonchev–Trinajstić information content (AvgIpc) is 3.31. The van der Waals surface area contributed by atoms with Crippen molar-refractivity contribution >= 4 is 17.2 Å². The first-order valence-corrected chi connectivity index (χ1v) is 11.4. The largest absolute Gasteiger partial charge is 0.493 e. The summed E-state index contributed by atoms with van der Waals surface area (Å²) in [6.45, 7) is 7.52. The van der Waals surface area contributed by atoms with Gasteiger partial charge in [0.25, 0.3) is 5.91 Å². The van der Waals surface area contributed by atoms with E-state index in [9.17, 15) is 9.90 Å². The lowest BCUT2D eigenvalue weighted by Crippen LogP contribution is -2.51. The van der Waals surface area contributed by atoms with E-state index in [0.29, 0.717) is 19.7 Å². The Hall–Kier alpha value is -2.78. The summed E-state index contributed by atoms with van der Waals surface area (Å²) in [4.78, 5) is 24.3. The Morgan fingerprint density at radius 1 is 1.29 bits per heavy atom. The van der Waals surface area contributed by atoms with Gasteiger partial charge in [-0.05, 0) is 38.5 Å². The smallest absolute Gasteiger partial charge is 0.251 e. The second kappa shape index (κ2) is 7.72. The molecule has 0 radical (unpaired) electrons. The van der Waals surface area contributed by atoms with Gasteiger partial charge < -0.3 is 14.7 Å². The number of ether oxygens (including phenoxy) is 1. The van der Waals surface area contributed by atoms with E-state index in [2.05, 4.69) is 36.1 Å². The number of carbonyl (C=O) groups is 1. The summed E-state index contributed by atoms with van der Waals surface area (Å²) in [5.41, 5.74) is 3.09. The highest BCUT2D eigenvalue weighted by Gasteiger charge is 2.34. The summed E-state index contributed by atoms with van der Waals surface area (Å²) in [5, 5.41) is 14.7. The quantitative estimate of drug-likeness (QED) is 0.672. The normalized spacial score (nSPS) is 16.9. The van der Waals surface area contributed by atoms with Crippen LogP contribution in [-0.4, -0.2) is 61.5 Å². The van der Waals surface area contributed by atoms with E-state index in [0.717, 1.165) is 39.8 Å². The van der Waals surface area contributed by atoms with Crippen molar-refractivity contribution in [2.45, 2.75) is 45.3 Å². The zero-order chi connectivity index (χ0) is 21.7. The van der Waals surface area contributed by atoms with E-state index in [-0.39, 0.29) is 17.9 Å². The number of thiazole rings is 1. The Morgan fingerprint density at radius 2 is 2.10 bits per heavy atom. The number of hydrogen-bond donors (Lipinski definition) is 1. The Morgan fingerprint density at radius 3 is 2.84 bits per heavy atom. The van der Waals surface area contributed by atoms with Gasteiger partial charge in [0.15, 0.2) is 10.8 Å². The number of aliphatic hydroxyl groups is 1. The third kappa shape index (κ3) is 3.51. The monoisotopic (exact) mass is 439 g/mol. The minimum atomic E-state index is -0.953. The minimum absolute atomic E-state index is 0.203. The lowest BCUT2D eigenvalue weighted by atomic mass is 9.89. The number of fused-ring (bicyclic) bond motifs is 3. The molecule has 9 heteroatoms. The molecule has 1 saturated heterocycles. The van der Waals surface area contributed by atoms with Gasteiger partial charge in [0, 0.05) is 41.9 Å². The van der Waals surface area contributed by atoms with Gasteiger partial charge in [-0.3, -0.25) is 4.79 Å². The summed E-state index contributed by atoms with van der Waals surface area (Å²) in [6.07, 6.45) is 1.42. The maximum absolute atomic E-state index is 12.0. The average molecular weight is 440 g/mol. The number of amides is 1. The fourth-order valence-corrected chi connectivity index (χ4v) is 5.15. The highest BCUT2D eigenvalue weighted by molar-refractivity contribution is 7.15. The molecule has 2 aliphatic heterocycles. The summed E-state index contributed by atoms with van der Waals surface area (Å²) in [6, 6.07) is 6.43. The molecular formula is C22H25N5O3S. The van der Waals surface area contributed by atoms with Crippen LogP contribution in [0, 0.1) is 0 Å². The first kappa shape index (κ1) is 20.1. The fraction of sp³-hybridized carbons (Fsp3) is 0.455. The first-order chi connectivity index (χ1) is 14.9. The minimum Gasteiger partial charge on any atom is -0.493 e. The van der Waals surface area contributed by atoms with Crippen LogP contribution in [0.5, 0.6) is 5.75 Å². The van der Waals surface area contributed by atoms with Gasteiger partial charge in [-0.2, -0.15) is 5.10 Å². The van der Waals surface area contributed by atoms with E-state index in [1.807, 2.05) is 10.7 Å². The predicted molar refractivity (Wildman–Crippen MR) is 117 cm³/mol. The van der Waals surface area contributed by atoms with Crippen molar-refractivity contribution in [1.29, 1.82) is 0 Å². The molecule has 2 aliphatic rings. The molecule has 162 valence electrons. The van der Waals surface area contributed by atoms with Gasteiger partial charge in [0.1, 0.15) is 18.2 Å². The van der Waals surface area contributed by atoms with Gasteiger partial charge in [-0.25, -0.2) is 14.6 Å². The third-order valence-corrected chi connectivity index (χ3v) is 6.93. The van der Waals surface area contributed by atoms with Crippen molar-refractivity contribution in [3.63, 3.8) is 0 Å². The molecule has 3 aromatic rings. The number of aromatic nitrogens is 4. The molecule has 1 N–H and O–H groups in total. The molecule has 31 heavy (non-hydrogen) atoms. The molecule has 0 saturated carbocycles. The Bertz CT molecular complexity index is 1130. The maximum Gasteiger partial charge on any atom is 0.251 e. The van der Waals surface area contributed by atoms with Crippen LogP contribution < -0.4 is 4.74 Å². The van der Waals surface area contributed by atoms with E-state index in [1.165, 1.54) is 11.8 Å². The second-order valence-corrected chi connectivity index (χ2v) is 9.47. The highest BCUT2D eigenvalue weighted by atomic mass is 32.1. The van der Waals surface area contributed by atoms with Crippen LogP contribution in [-0.2, 0) is 11.2 Å². The fourth-order valence-electron chi connectivity index (χ4n) is 4.11. The van der Waals surface area contributed by atoms with Gasteiger partial charge >= 0.3 is 0 Å². The molecule has 4 heterocycles. The molecule has 8 nitrogen and oxygen atoms in total. The number of aliphatic hydroxyl groups excluding tert-OH is 1. The molecule has 1 amide bonds. The van der Waals surface area contributed by atoms with Crippen LogP contribution in [0.15, 0.2) is 24.5 Å². The Labute approximate surface area is 184 Å². The number of rotatable bonds is 4. The van der Waals surface area contributed by atoms with Crippen molar-refractivity contribution in [3.05, 3.63) is 35.0 Å². The topological polar surface area (TPSA) is 93.4 Å². The van der Waals surface area contributed by atoms with E-state index in [4.69, 9.17) is 9.72 Å². The number of benzene rings is 1. The van der Waals surface area contributed by atoms with Crippen LogP contribution in [0.2, 0.25) is 0 Å². The molecule has 1 unspecified atom stereocenters. The van der Waals surface area contributed by atoms with Crippen molar-refractivity contribution < 1.29 is 14.6 Å². The summed E-state index contributed by atoms with van der Waals surface area (Å²) >= 11 is 1.65. The van der Waals surface area contributed by atoms with Crippen LogP contribution in [0.4, 0.5) is 0 Å². The standard InChI is InChI=1S/C22H25N5O3S/c1-12(2)27-20(23-11-24-27)21-25-19-16-8-14(15-9-26(10-15)22(29)13(3)28)4-5-17(16)30-7-6-18(19)31-21/h4-5,8,11-13,15,28H,6-7,9-10H2,1-3H3.